The van der Waals surface area contributed by atoms with Crippen LogP contribution in [0.15, 0.2) is 72.1 Å². The Balaban J connectivity index is 2.58. The van der Waals surface area contributed by atoms with Crippen molar-refractivity contribution in [2.24, 2.45) is 0 Å². The van der Waals surface area contributed by atoms with E-state index in [9.17, 15) is 13.2 Å². The summed E-state index contributed by atoms with van der Waals surface area (Å²) in [5.41, 5.74) is 1.22. The maximum atomic E-state index is 12.7. The predicted molar refractivity (Wildman–Crippen MR) is 82.5 cm³/mol. The van der Waals surface area contributed by atoms with Crippen molar-refractivity contribution in [1.29, 1.82) is 0 Å². The molecular formula is C16H15NO3S. The normalized spacial score (nSPS) is 10.9. The summed E-state index contributed by atoms with van der Waals surface area (Å²) in [4.78, 5) is 12.1. The standard InChI is InChI=1S/C16H15NO3S/c1-3-16(18)17(14-7-5-4-6-8-14)21(19,20)15-11-9-13(2)10-12-15/h3-12H,1H2,2H3. The van der Waals surface area contributed by atoms with Gasteiger partial charge in [-0.1, -0.05) is 42.5 Å². The van der Waals surface area contributed by atoms with Gasteiger partial charge in [-0.3, -0.25) is 4.79 Å². The predicted octanol–water partition coefficient (Wildman–Crippen LogP) is 2.90. The van der Waals surface area contributed by atoms with Crippen LogP contribution in [0, 0.1) is 6.92 Å². The Morgan fingerprint density at radius 3 is 2.14 bits per heavy atom. The molecule has 0 fully saturated rings. The topological polar surface area (TPSA) is 54.5 Å². The van der Waals surface area contributed by atoms with Crippen LogP contribution in [-0.2, 0) is 14.8 Å². The van der Waals surface area contributed by atoms with Crippen LogP contribution in [0.1, 0.15) is 5.56 Å². The number of rotatable bonds is 4. The summed E-state index contributed by atoms with van der Waals surface area (Å²) in [6, 6.07) is 14.6. The van der Waals surface area contributed by atoms with Crippen LogP contribution < -0.4 is 4.31 Å². The molecule has 4 nitrogen and oxygen atoms in total. The van der Waals surface area contributed by atoms with E-state index in [1.165, 1.54) is 12.1 Å². The van der Waals surface area contributed by atoms with E-state index >= 15 is 0 Å². The summed E-state index contributed by atoms with van der Waals surface area (Å²) in [7, 11) is -3.97. The zero-order valence-electron chi connectivity index (χ0n) is 11.6. The Hall–Kier alpha value is -2.40. The highest BCUT2D eigenvalue weighted by Crippen LogP contribution is 2.24. The number of aryl methyl sites for hydroxylation is 1. The van der Waals surface area contributed by atoms with Gasteiger partial charge in [0.1, 0.15) is 0 Å². The van der Waals surface area contributed by atoms with Crippen LogP contribution in [0.25, 0.3) is 0 Å². The highest BCUT2D eigenvalue weighted by atomic mass is 32.2. The van der Waals surface area contributed by atoms with Gasteiger partial charge in [0, 0.05) is 0 Å². The summed E-state index contributed by atoms with van der Waals surface area (Å²) >= 11 is 0. The first-order chi connectivity index (χ1) is 9.96. The van der Waals surface area contributed by atoms with Crippen molar-refractivity contribution in [2.75, 3.05) is 4.31 Å². The van der Waals surface area contributed by atoms with E-state index in [0.29, 0.717) is 0 Å². The molecule has 0 saturated heterocycles. The van der Waals surface area contributed by atoms with Gasteiger partial charge in [-0.25, -0.2) is 8.42 Å². The van der Waals surface area contributed by atoms with Crippen molar-refractivity contribution >= 4 is 21.6 Å². The van der Waals surface area contributed by atoms with Crippen molar-refractivity contribution in [3.8, 4) is 0 Å². The molecule has 21 heavy (non-hydrogen) atoms. The second kappa shape index (κ2) is 5.93. The van der Waals surface area contributed by atoms with Crippen molar-refractivity contribution < 1.29 is 13.2 Å². The number of amides is 1. The van der Waals surface area contributed by atoms with Crippen molar-refractivity contribution in [3.05, 3.63) is 72.8 Å². The number of carbonyl (C=O) groups excluding carboxylic acids is 1. The van der Waals surface area contributed by atoms with Gasteiger partial charge >= 0.3 is 0 Å². The molecular weight excluding hydrogens is 286 g/mol. The van der Waals surface area contributed by atoms with Gasteiger partial charge in [0.05, 0.1) is 10.6 Å². The first-order valence-corrected chi connectivity index (χ1v) is 7.74. The van der Waals surface area contributed by atoms with Crippen LogP contribution in [-0.4, -0.2) is 14.3 Å². The molecule has 0 atom stereocenters. The zero-order chi connectivity index (χ0) is 15.5. The molecule has 108 valence electrons. The van der Waals surface area contributed by atoms with Gasteiger partial charge in [0.25, 0.3) is 15.9 Å². The van der Waals surface area contributed by atoms with Gasteiger partial charge in [0.15, 0.2) is 0 Å². The summed E-state index contributed by atoms with van der Waals surface area (Å²) in [5.74, 6) is -0.693. The Morgan fingerprint density at radius 2 is 1.62 bits per heavy atom. The molecule has 2 rings (SSSR count). The first kappa shape index (κ1) is 15.0. The minimum absolute atomic E-state index is 0.0622. The van der Waals surface area contributed by atoms with Crippen LogP contribution in [0.5, 0.6) is 0 Å². The second-order valence-electron chi connectivity index (χ2n) is 4.46. The van der Waals surface area contributed by atoms with Crippen LogP contribution in [0.4, 0.5) is 5.69 Å². The number of sulfonamides is 1. The number of carbonyl (C=O) groups is 1. The molecule has 0 N–H and O–H groups in total. The molecule has 1 amide bonds. The average Bonchev–Trinajstić information content (AvgIpc) is 2.48. The first-order valence-electron chi connectivity index (χ1n) is 6.30. The van der Waals surface area contributed by atoms with Gasteiger partial charge in [-0.15, -0.1) is 0 Å². The molecule has 2 aromatic carbocycles. The van der Waals surface area contributed by atoms with Crippen molar-refractivity contribution in [2.45, 2.75) is 11.8 Å². The Bertz CT molecular complexity index is 750. The highest BCUT2D eigenvalue weighted by molar-refractivity contribution is 7.93. The third-order valence-electron chi connectivity index (χ3n) is 2.92. The Morgan fingerprint density at radius 1 is 1.05 bits per heavy atom. The lowest BCUT2D eigenvalue weighted by Crippen LogP contribution is -2.35. The molecule has 0 spiro atoms. The van der Waals surface area contributed by atoms with E-state index in [1.54, 1.807) is 42.5 Å². The SMILES string of the molecule is C=CC(=O)N(c1ccccc1)S(=O)(=O)c1ccc(C)cc1. The smallest absolute Gasteiger partial charge is 0.268 e. The average molecular weight is 301 g/mol. The van der Waals surface area contributed by atoms with Crippen LogP contribution in [0.3, 0.4) is 0 Å². The van der Waals surface area contributed by atoms with E-state index in [4.69, 9.17) is 0 Å². The van der Waals surface area contributed by atoms with Crippen LogP contribution >= 0.6 is 0 Å². The number of anilines is 1. The number of hydrogen-bond donors (Lipinski definition) is 0. The molecule has 0 aliphatic carbocycles. The van der Waals surface area contributed by atoms with Crippen LogP contribution in [0.2, 0.25) is 0 Å². The summed E-state index contributed by atoms with van der Waals surface area (Å²) in [5, 5.41) is 0. The molecule has 2 aromatic rings. The Kier molecular flexibility index (Phi) is 4.23. The molecule has 0 unspecified atom stereocenters. The van der Waals surface area contributed by atoms with Gasteiger partial charge in [0.2, 0.25) is 0 Å². The number of para-hydroxylation sites is 1. The monoisotopic (exact) mass is 301 g/mol. The van der Waals surface area contributed by atoms with Crippen molar-refractivity contribution in [1.82, 2.24) is 0 Å². The van der Waals surface area contributed by atoms with E-state index in [0.717, 1.165) is 15.9 Å². The quantitative estimate of drug-likeness (QED) is 0.816. The molecule has 0 aromatic heterocycles. The maximum absolute atomic E-state index is 12.7. The number of benzene rings is 2. The van der Waals surface area contributed by atoms with Gasteiger partial charge in [-0.05, 0) is 37.3 Å². The van der Waals surface area contributed by atoms with Gasteiger partial charge in [-0.2, -0.15) is 4.31 Å². The fourth-order valence-electron chi connectivity index (χ4n) is 1.85. The molecule has 0 saturated carbocycles. The van der Waals surface area contributed by atoms with E-state index < -0.39 is 15.9 Å². The minimum atomic E-state index is -3.97. The van der Waals surface area contributed by atoms with E-state index in [1.807, 2.05) is 6.92 Å². The maximum Gasteiger partial charge on any atom is 0.271 e. The second-order valence-corrected chi connectivity index (χ2v) is 6.25. The van der Waals surface area contributed by atoms with E-state index in [2.05, 4.69) is 6.58 Å². The van der Waals surface area contributed by atoms with Gasteiger partial charge < -0.3 is 0 Å². The van der Waals surface area contributed by atoms with Crippen molar-refractivity contribution in [3.63, 3.8) is 0 Å². The fraction of sp³-hybridized carbons (Fsp3) is 0.0625. The molecule has 0 bridgehead atoms. The fourth-order valence-corrected chi connectivity index (χ4v) is 3.25. The third-order valence-corrected chi connectivity index (χ3v) is 4.66. The molecule has 0 radical (unpaired) electrons. The molecule has 0 aliphatic rings. The lowest BCUT2D eigenvalue weighted by molar-refractivity contribution is -0.113. The molecule has 0 heterocycles. The lowest BCUT2D eigenvalue weighted by Gasteiger charge is -2.21. The summed E-state index contributed by atoms with van der Waals surface area (Å²) in [6.07, 6.45) is 0.985. The van der Waals surface area contributed by atoms with E-state index in [-0.39, 0.29) is 10.6 Å². The molecule has 0 aliphatic heterocycles. The number of hydrogen-bond acceptors (Lipinski definition) is 3. The summed E-state index contributed by atoms with van der Waals surface area (Å²) < 4.78 is 26.2. The highest BCUT2D eigenvalue weighted by Gasteiger charge is 2.29. The summed E-state index contributed by atoms with van der Waals surface area (Å²) in [6.45, 7) is 5.23. The third kappa shape index (κ3) is 3.03. The Labute approximate surface area is 124 Å². The zero-order valence-corrected chi connectivity index (χ0v) is 12.4. The lowest BCUT2D eigenvalue weighted by atomic mass is 10.2. The molecule has 5 heteroatoms. The largest absolute Gasteiger partial charge is 0.271 e. The number of nitrogens with zero attached hydrogens (tertiary/aromatic N) is 1. The minimum Gasteiger partial charge on any atom is -0.268 e.